The summed E-state index contributed by atoms with van der Waals surface area (Å²) in [6.45, 7) is 6.01. The fourth-order valence-electron chi connectivity index (χ4n) is 3.58. The molecule has 1 fully saturated rings. The predicted octanol–water partition coefficient (Wildman–Crippen LogP) is 3.42. The maximum absolute atomic E-state index is 12.7. The smallest absolute Gasteiger partial charge is 0.274 e. The van der Waals surface area contributed by atoms with Crippen LogP contribution in [0.5, 0.6) is 0 Å². The van der Waals surface area contributed by atoms with Crippen molar-refractivity contribution in [2.24, 2.45) is 5.92 Å². The van der Waals surface area contributed by atoms with Crippen molar-refractivity contribution in [2.75, 3.05) is 29.9 Å². The lowest BCUT2D eigenvalue weighted by Gasteiger charge is -2.23. The Morgan fingerprint density at radius 1 is 1.25 bits per heavy atom. The summed E-state index contributed by atoms with van der Waals surface area (Å²) in [5, 5.41) is 6.35. The minimum absolute atomic E-state index is 0. The van der Waals surface area contributed by atoms with Gasteiger partial charge < -0.3 is 15.5 Å². The van der Waals surface area contributed by atoms with Gasteiger partial charge in [-0.3, -0.25) is 4.79 Å². The van der Waals surface area contributed by atoms with E-state index in [2.05, 4.69) is 44.6 Å². The summed E-state index contributed by atoms with van der Waals surface area (Å²) in [6, 6.07) is 7.94. The molecule has 0 saturated heterocycles. The van der Waals surface area contributed by atoms with Gasteiger partial charge in [0, 0.05) is 31.4 Å². The second-order valence-electron chi connectivity index (χ2n) is 7.52. The maximum Gasteiger partial charge on any atom is 0.274 e. The van der Waals surface area contributed by atoms with E-state index in [-0.39, 0.29) is 18.3 Å². The standard InChI is InChI=1S/C21H27N5O.ClH/c1-2-9-26(13-15-3-4-15)20-11-19(23-14-24-20)21(27)25-18-6-5-17-12-22-8-7-16(17)10-18;/h5-6,10-11,14-15,22H,2-4,7-9,12-13H2,1H3,(H,25,27);1H. The van der Waals surface area contributed by atoms with Crippen LogP contribution in [0.4, 0.5) is 11.5 Å². The van der Waals surface area contributed by atoms with Gasteiger partial charge >= 0.3 is 0 Å². The van der Waals surface area contributed by atoms with Gasteiger partial charge in [0.25, 0.3) is 5.91 Å². The largest absolute Gasteiger partial charge is 0.356 e. The van der Waals surface area contributed by atoms with Crippen LogP contribution >= 0.6 is 12.4 Å². The monoisotopic (exact) mass is 401 g/mol. The van der Waals surface area contributed by atoms with E-state index in [9.17, 15) is 4.79 Å². The Hall–Kier alpha value is -2.18. The number of amides is 1. The van der Waals surface area contributed by atoms with E-state index in [0.717, 1.165) is 56.4 Å². The van der Waals surface area contributed by atoms with Crippen LogP contribution in [0.2, 0.25) is 0 Å². The molecule has 0 bridgehead atoms. The molecule has 0 atom stereocenters. The molecule has 2 N–H and O–H groups in total. The summed E-state index contributed by atoms with van der Waals surface area (Å²) in [5.74, 6) is 1.43. The number of carbonyl (C=O) groups is 1. The minimum atomic E-state index is -0.185. The Kier molecular flexibility index (Phi) is 6.86. The van der Waals surface area contributed by atoms with Crippen LogP contribution in [0.25, 0.3) is 0 Å². The first-order valence-electron chi connectivity index (χ1n) is 9.94. The molecule has 0 unspecified atom stereocenters. The van der Waals surface area contributed by atoms with Crippen molar-refractivity contribution in [1.82, 2.24) is 15.3 Å². The second kappa shape index (κ2) is 9.34. The molecule has 0 radical (unpaired) electrons. The summed E-state index contributed by atoms with van der Waals surface area (Å²) in [4.78, 5) is 23.6. The van der Waals surface area contributed by atoms with E-state index in [1.54, 1.807) is 0 Å². The van der Waals surface area contributed by atoms with Gasteiger partial charge in [-0.2, -0.15) is 0 Å². The Bertz CT molecular complexity index is 824. The van der Waals surface area contributed by atoms with Gasteiger partial charge in [-0.15, -0.1) is 12.4 Å². The zero-order valence-electron chi connectivity index (χ0n) is 16.3. The van der Waals surface area contributed by atoms with Crippen molar-refractivity contribution in [3.05, 3.63) is 47.4 Å². The van der Waals surface area contributed by atoms with E-state index in [1.807, 2.05) is 12.1 Å². The molecule has 6 nitrogen and oxygen atoms in total. The summed E-state index contributed by atoms with van der Waals surface area (Å²) in [5.41, 5.74) is 3.84. The van der Waals surface area contributed by atoms with E-state index >= 15 is 0 Å². The molecular formula is C21H28ClN5O. The molecule has 1 aliphatic carbocycles. The summed E-state index contributed by atoms with van der Waals surface area (Å²) < 4.78 is 0. The van der Waals surface area contributed by atoms with Crippen LogP contribution in [0.15, 0.2) is 30.6 Å². The molecule has 4 rings (SSSR count). The normalized spacial score (nSPS) is 15.3. The van der Waals surface area contributed by atoms with Crippen LogP contribution in [0.3, 0.4) is 0 Å². The Morgan fingerprint density at radius 2 is 2.11 bits per heavy atom. The minimum Gasteiger partial charge on any atom is -0.356 e. The van der Waals surface area contributed by atoms with Crippen molar-refractivity contribution in [1.29, 1.82) is 0 Å². The first-order valence-corrected chi connectivity index (χ1v) is 9.94. The van der Waals surface area contributed by atoms with Gasteiger partial charge in [0.15, 0.2) is 0 Å². The third-order valence-electron chi connectivity index (χ3n) is 5.23. The molecule has 1 aromatic heterocycles. The number of nitrogens with one attached hydrogen (secondary N) is 2. The van der Waals surface area contributed by atoms with Gasteiger partial charge in [0.05, 0.1) is 0 Å². The number of aromatic nitrogens is 2. The van der Waals surface area contributed by atoms with Crippen molar-refractivity contribution in [2.45, 2.75) is 39.2 Å². The van der Waals surface area contributed by atoms with Crippen LogP contribution in [-0.4, -0.2) is 35.5 Å². The lowest BCUT2D eigenvalue weighted by molar-refractivity contribution is 0.102. The van der Waals surface area contributed by atoms with Crippen LogP contribution in [-0.2, 0) is 13.0 Å². The van der Waals surface area contributed by atoms with Crippen LogP contribution < -0.4 is 15.5 Å². The number of halogens is 1. The first kappa shape index (κ1) is 20.6. The van der Waals surface area contributed by atoms with E-state index in [0.29, 0.717) is 5.69 Å². The molecule has 28 heavy (non-hydrogen) atoms. The van der Waals surface area contributed by atoms with E-state index in [4.69, 9.17) is 0 Å². The molecule has 7 heteroatoms. The molecule has 1 aromatic carbocycles. The molecule has 1 aliphatic heterocycles. The number of carbonyl (C=O) groups excluding carboxylic acids is 1. The molecule has 2 heterocycles. The molecular weight excluding hydrogens is 374 g/mol. The fourth-order valence-corrected chi connectivity index (χ4v) is 3.58. The number of hydrogen-bond donors (Lipinski definition) is 2. The number of anilines is 2. The number of nitrogens with zero attached hydrogens (tertiary/aromatic N) is 3. The van der Waals surface area contributed by atoms with Gasteiger partial charge in [-0.25, -0.2) is 9.97 Å². The SMILES string of the molecule is CCCN(CC1CC1)c1cc(C(=O)Nc2ccc3c(c2)CCNC3)ncn1.Cl. The number of fused-ring (bicyclic) bond motifs is 1. The lowest BCUT2D eigenvalue weighted by atomic mass is 10.0. The third kappa shape index (κ3) is 5.00. The average molecular weight is 402 g/mol. The Morgan fingerprint density at radius 3 is 2.89 bits per heavy atom. The quantitative estimate of drug-likeness (QED) is 0.743. The highest BCUT2D eigenvalue weighted by Gasteiger charge is 2.25. The van der Waals surface area contributed by atoms with Crippen LogP contribution in [0.1, 0.15) is 47.8 Å². The van der Waals surface area contributed by atoms with Crippen molar-refractivity contribution >= 4 is 29.8 Å². The molecule has 1 saturated carbocycles. The summed E-state index contributed by atoms with van der Waals surface area (Å²) >= 11 is 0. The zero-order chi connectivity index (χ0) is 18.6. The highest BCUT2D eigenvalue weighted by atomic mass is 35.5. The molecule has 2 aliphatic rings. The number of benzene rings is 1. The predicted molar refractivity (Wildman–Crippen MR) is 114 cm³/mol. The Labute approximate surface area is 172 Å². The zero-order valence-corrected chi connectivity index (χ0v) is 17.1. The van der Waals surface area contributed by atoms with Gasteiger partial charge in [-0.1, -0.05) is 13.0 Å². The second-order valence-corrected chi connectivity index (χ2v) is 7.52. The maximum atomic E-state index is 12.7. The number of hydrogen-bond acceptors (Lipinski definition) is 5. The lowest BCUT2D eigenvalue weighted by Crippen LogP contribution is -2.28. The molecule has 0 spiro atoms. The van der Waals surface area contributed by atoms with Gasteiger partial charge in [-0.05, 0) is 61.4 Å². The molecule has 1 amide bonds. The van der Waals surface area contributed by atoms with Crippen molar-refractivity contribution < 1.29 is 4.79 Å². The van der Waals surface area contributed by atoms with Crippen LogP contribution in [0, 0.1) is 5.92 Å². The van der Waals surface area contributed by atoms with Gasteiger partial charge in [0.2, 0.25) is 0 Å². The summed E-state index contributed by atoms with van der Waals surface area (Å²) in [7, 11) is 0. The van der Waals surface area contributed by atoms with Crippen molar-refractivity contribution in [3.8, 4) is 0 Å². The topological polar surface area (TPSA) is 70.2 Å². The van der Waals surface area contributed by atoms with E-state index in [1.165, 1.54) is 30.3 Å². The van der Waals surface area contributed by atoms with Gasteiger partial charge in [0.1, 0.15) is 17.8 Å². The average Bonchev–Trinajstić information content (AvgIpc) is 3.52. The number of rotatable bonds is 7. The molecule has 2 aromatic rings. The van der Waals surface area contributed by atoms with Crippen molar-refractivity contribution in [3.63, 3.8) is 0 Å². The Balaban J connectivity index is 0.00000225. The molecule has 150 valence electrons. The highest BCUT2D eigenvalue weighted by molar-refractivity contribution is 6.03. The summed E-state index contributed by atoms with van der Waals surface area (Å²) in [6.07, 6.45) is 6.14. The highest BCUT2D eigenvalue weighted by Crippen LogP contribution is 2.31. The fraction of sp³-hybridized carbons (Fsp3) is 0.476. The van der Waals surface area contributed by atoms with E-state index < -0.39 is 0 Å². The third-order valence-corrected chi connectivity index (χ3v) is 5.23. The first-order chi connectivity index (χ1) is 13.2.